The van der Waals surface area contributed by atoms with E-state index in [1.807, 2.05) is 0 Å². The molecule has 0 unspecified atom stereocenters. The van der Waals surface area contributed by atoms with Gasteiger partial charge in [0.1, 0.15) is 0 Å². The Morgan fingerprint density at radius 1 is 1.85 bits per heavy atom. The highest BCUT2D eigenvalue weighted by atomic mass is 16.2. The number of H-pyrrole nitrogens is 1. The van der Waals surface area contributed by atoms with Crippen molar-refractivity contribution in [2.75, 3.05) is 5.32 Å². The maximum atomic E-state index is 11.1. The second-order valence-corrected chi connectivity index (χ2v) is 2.24. The van der Waals surface area contributed by atoms with Gasteiger partial charge in [0, 0.05) is 6.42 Å². The molecule has 4 N–H and O–H groups in total. The van der Waals surface area contributed by atoms with Gasteiger partial charge in [-0.05, 0) is 5.21 Å². The monoisotopic (exact) mass is 180 g/mol. The summed E-state index contributed by atoms with van der Waals surface area (Å²) in [5.74, 6) is 1.93. The average Bonchev–Trinajstić information content (AvgIpc) is 2.57. The number of aromatic amines is 1. The predicted molar refractivity (Wildman–Crippen MR) is 44.2 cm³/mol. The zero-order valence-corrected chi connectivity index (χ0v) is 6.69. The minimum Gasteiger partial charge on any atom is -0.319 e. The van der Waals surface area contributed by atoms with E-state index in [2.05, 4.69) is 31.9 Å². The van der Waals surface area contributed by atoms with Gasteiger partial charge in [-0.3, -0.25) is 10.1 Å². The van der Waals surface area contributed by atoms with Crippen LogP contribution < -0.4 is 11.1 Å². The number of amides is 1. The van der Waals surface area contributed by atoms with Gasteiger partial charge in [0.15, 0.2) is 0 Å². The number of carbonyl (C=O) groups is 1. The van der Waals surface area contributed by atoms with Crippen molar-refractivity contribution < 1.29 is 4.79 Å². The molecule has 0 spiro atoms. The topological polar surface area (TPSA) is 110 Å². The van der Waals surface area contributed by atoms with Gasteiger partial charge in [0.2, 0.25) is 5.91 Å². The summed E-state index contributed by atoms with van der Waals surface area (Å²) < 4.78 is 0. The fourth-order valence-corrected chi connectivity index (χ4v) is 0.637. The van der Waals surface area contributed by atoms with Crippen LogP contribution in [0.25, 0.3) is 0 Å². The van der Waals surface area contributed by atoms with Gasteiger partial charge in [-0.25, -0.2) is 0 Å². The van der Waals surface area contributed by atoms with Gasteiger partial charge >= 0.3 is 0 Å². The molecule has 0 aliphatic rings. The van der Waals surface area contributed by atoms with Crippen molar-refractivity contribution >= 4 is 11.9 Å². The van der Waals surface area contributed by atoms with E-state index in [1.165, 1.54) is 0 Å². The molecular weight excluding hydrogens is 172 g/mol. The minimum atomic E-state index is -0.747. The van der Waals surface area contributed by atoms with Crippen LogP contribution in [0.15, 0.2) is 0 Å². The van der Waals surface area contributed by atoms with Crippen molar-refractivity contribution in [1.82, 2.24) is 20.6 Å². The summed E-state index contributed by atoms with van der Waals surface area (Å²) in [6, 6.07) is -0.747. The van der Waals surface area contributed by atoms with Crippen molar-refractivity contribution in [3.63, 3.8) is 0 Å². The molecule has 68 valence electrons. The third-order valence-corrected chi connectivity index (χ3v) is 1.25. The molecule has 0 aliphatic carbocycles. The maximum Gasteiger partial charge on any atom is 0.269 e. The van der Waals surface area contributed by atoms with Crippen LogP contribution in [0, 0.1) is 12.3 Å². The Bertz CT molecular complexity index is 312. The number of rotatable bonds is 3. The SMILES string of the molecule is C#CC[C@@H](N)C(=O)Nc1nn[nH]n1. The first-order valence-corrected chi connectivity index (χ1v) is 3.47. The summed E-state index contributed by atoms with van der Waals surface area (Å²) in [6.45, 7) is 0. The Kier molecular flexibility index (Phi) is 2.94. The van der Waals surface area contributed by atoms with E-state index in [1.54, 1.807) is 0 Å². The Hall–Kier alpha value is -1.94. The average molecular weight is 180 g/mol. The number of carbonyl (C=O) groups excluding carboxylic acids is 1. The van der Waals surface area contributed by atoms with Gasteiger partial charge in [-0.2, -0.15) is 5.21 Å². The van der Waals surface area contributed by atoms with Crippen LogP contribution in [-0.2, 0) is 4.79 Å². The largest absolute Gasteiger partial charge is 0.319 e. The maximum absolute atomic E-state index is 11.1. The summed E-state index contributed by atoms with van der Waals surface area (Å²) in [5.41, 5.74) is 5.40. The van der Waals surface area contributed by atoms with E-state index >= 15 is 0 Å². The number of anilines is 1. The number of nitrogens with one attached hydrogen (secondary N) is 2. The first kappa shape index (κ1) is 9.15. The first-order valence-electron chi connectivity index (χ1n) is 3.47. The molecule has 0 fully saturated rings. The zero-order chi connectivity index (χ0) is 9.68. The van der Waals surface area contributed by atoms with Crippen LogP contribution in [0.2, 0.25) is 0 Å². The minimum absolute atomic E-state index is 0.0810. The first-order chi connectivity index (χ1) is 6.24. The van der Waals surface area contributed by atoms with E-state index in [-0.39, 0.29) is 12.4 Å². The number of nitrogens with zero attached hydrogens (tertiary/aromatic N) is 3. The normalized spacial score (nSPS) is 11.7. The van der Waals surface area contributed by atoms with E-state index < -0.39 is 11.9 Å². The van der Waals surface area contributed by atoms with Gasteiger partial charge in [-0.1, -0.05) is 5.10 Å². The number of hydrogen-bond donors (Lipinski definition) is 3. The fraction of sp³-hybridized carbons (Fsp3) is 0.333. The standard InChI is InChI=1S/C6H8N6O/c1-2-3-4(7)5(13)8-6-9-11-12-10-6/h1,4H,3,7H2,(H2,8,9,10,11,12,13)/t4-/m1/s1. The highest BCUT2D eigenvalue weighted by molar-refractivity contribution is 5.93. The molecule has 1 aromatic heterocycles. The van der Waals surface area contributed by atoms with Crippen LogP contribution in [0.5, 0.6) is 0 Å². The number of tetrazole rings is 1. The van der Waals surface area contributed by atoms with Crippen LogP contribution >= 0.6 is 0 Å². The van der Waals surface area contributed by atoms with Crippen molar-refractivity contribution in [1.29, 1.82) is 0 Å². The molecule has 1 heterocycles. The lowest BCUT2D eigenvalue weighted by Crippen LogP contribution is -2.35. The highest BCUT2D eigenvalue weighted by Gasteiger charge is 2.13. The van der Waals surface area contributed by atoms with Crippen LogP contribution in [0.3, 0.4) is 0 Å². The molecule has 0 aliphatic heterocycles. The van der Waals surface area contributed by atoms with Crippen molar-refractivity contribution in [2.24, 2.45) is 5.73 Å². The van der Waals surface area contributed by atoms with Crippen LogP contribution in [0.4, 0.5) is 5.95 Å². The molecule has 0 saturated carbocycles. The molecule has 7 nitrogen and oxygen atoms in total. The van der Waals surface area contributed by atoms with Gasteiger partial charge in [-0.15, -0.1) is 17.4 Å². The molecule has 0 bridgehead atoms. The van der Waals surface area contributed by atoms with E-state index in [0.29, 0.717) is 0 Å². The Balaban J connectivity index is 2.47. The number of aromatic nitrogens is 4. The lowest BCUT2D eigenvalue weighted by atomic mass is 10.2. The number of terminal acetylenes is 1. The predicted octanol–water partition coefficient (Wildman–Crippen LogP) is -1.51. The van der Waals surface area contributed by atoms with Crippen LogP contribution in [-0.4, -0.2) is 32.6 Å². The molecular formula is C6H8N6O. The molecule has 1 amide bonds. The van der Waals surface area contributed by atoms with Crippen molar-refractivity contribution in [3.05, 3.63) is 0 Å². The molecule has 13 heavy (non-hydrogen) atoms. The van der Waals surface area contributed by atoms with Crippen molar-refractivity contribution in [3.8, 4) is 12.3 Å². The second-order valence-electron chi connectivity index (χ2n) is 2.24. The van der Waals surface area contributed by atoms with Crippen molar-refractivity contribution in [2.45, 2.75) is 12.5 Å². The summed E-state index contributed by atoms with van der Waals surface area (Å²) in [5, 5.41) is 14.8. The molecule has 0 aromatic carbocycles. The van der Waals surface area contributed by atoms with E-state index in [4.69, 9.17) is 12.2 Å². The van der Waals surface area contributed by atoms with Crippen LogP contribution in [0.1, 0.15) is 6.42 Å². The third kappa shape index (κ3) is 2.53. The molecule has 1 rings (SSSR count). The Morgan fingerprint density at radius 3 is 3.15 bits per heavy atom. The summed E-state index contributed by atoms with van der Waals surface area (Å²) in [4.78, 5) is 11.1. The smallest absolute Gasteiger partial charge is 0.269 e. The lowest BCUT2D eigenvalue weighted by molar-refractivity contribution is -0.117. The molecule has 1 atom stereocenters. The van der Waals surface area contributed by atoms with Gasteiger partial charge < -0.3 is 5.73 Å². The summed E-state index contributed by atoms with van der Waals surface area (Å²) in [7, 11) is 0. The number of nitrogens with two attached hydrogens (primary N) is 1. The quantitative estimate of drug-likeness (QED) is 0.490. The lowest BCUT2D eigenvalue weighted by Gasteiger charge is -2.05. The molecule has 7 heteroatoms. The second kappa shape index (κ2) is 4.18. The Labute approximate surface area is 74.1 Å². The van der Waals surface area contributed by atoms with E-state index in [9.17, 15) is 4.79 Å². The zero-order valence-electron chi connectivity index (χ0n) is 6.69. The number of hydrogen-bond acceptors (Lipinski definition) is 5. The molecule has 1 aromatic rings. The fourth-order valence-electron chi connectivity index (χ4n) is 0.637. The highest BCUT2D eigenvalue weighted by Crippen LogP contribution is 1.94. The van der Waals surface area contributed by atoms with Gasteiger partial charge in [0.25, 0.3) is 5.95 Å². The van der Waals surface area contributed by atoms with Gasteiger partial charge in [0.05, 0.1) is 6.04 Å². The molecule has 0 saturated heterocycles. The molecule has 0 radical (unpaired) electrons. The Morgan fingerprint density at radius 2 is 2.62 bits per heavy atom. The third-order valence-electron chi connectivity index (χ3n) is 1.25. The summed E-state index contributed by atoms with van der Waals surface area (Å²) >= 11 is 0. The summed E-state index contributed by atoms with van der Waals surface area (Å²) in [6.07, 6.45) is 5.15. The van der Waals surface area contributed by atoms with E-state index in [0.717, 1.165) is 0 Å².